The Bertz CT molecular complexity index is 383. The molecule has 1 saturated heterocycles. The molecule has 4 nitrogen and oxygen atoms in total. The number of nitrogens with one attached hydrogen (secondary N) is 2. The Morgan fingerprint density at radius 1 is 1.53 bits per heavy atom. The first-order valence-corrected chi connectivity index (χ1v) is 5.49. The molecule has 2 rings (SSSR count). The highest BCUT2D eigenvalue weighted by atomic mass is 35.5. The van der Waals surface area contributed by atoms with Crippen molar-refractivity contribution in [3.8, 4) is 0 Å². The second-order valence-corrected chi connectivity index (χ2v) is 4.09. The first kappa shape index (κ1) is 14.3. The third kappa shape index (κ3) is 4.52. The van der Waals surface area contributed by atoms with E-state index in [1.807, 2.05) is 0 Å². The molecule has 1 aromatic rings. The number of carbonyl (C=O) groups excluding carboxylic acids is 1. The summed E-state index contributed by atoms with van der Waals surface area (Å²) in [4.78, 5) is 11.5. The summed E-state index contributed by atoms with van der Waals surface area (Å²) in [6.07, 6.45) is 0.171. The largest absolute Gasteiger partial charge is 0.366 e. The van der Waals surface area contributed by atoms with Crippen LogP contribution in [0.4, 0.5) is 5.69 Å². The van der Waals surface area contributed by atoms with Crippen molar-refractivity contribution < 1.29 is 9.53 Å². The van der Waals surface area contributed by atoms with E-state index in [1.165, 1.54) is 0 Å². The molecule has 1 amide bonds. The van der Waals surface area contributed by atoms with Gasteiger partial charge < -0.3 is 15.4 Å². The van der Waals surface area contributed by atoms with Crippen molar-refractivity contribution in [2.45, 2.75) is 6.10 Å². The van der Waals surface area contributed by atoms with Gasteiger partial charge in [-0.3, -0.25) is 4.79 Å². The average molecular weight is 277 g/mol. The molecule has 1 aliphatic heterocycles. The SMILES string of the molecule is Cl.O=C(COC1CNC1)Nc1cccc(Cl)c1. The summed E-state index contributed by atoms with van der Waals surface area (Å²) in [7, 11) is 0. The fraction of sp³-hybridized carbons (Fsp3) is 0.364. The van der Waals surface area contributed by atoms with Crippen LogP contribution in [0.3, 0.4) is 0 Å². The molecule has 0 aliphatic carbocycles. The molecular formula is C11H14Cl2N2O2. The van der Waals surface area contributed by atoms with E-state index in [0.29, 0.717) is 10.7 Å². The molecule has 1 aliphatic rings. The molecule has 0 atom stereocenters. The summed E-state index contributed by atoms with van der Waals surface area (Å²) >= 11 is 5.80. The summed E-state index contributed by atoms with van der Waals surface area (Å²) in [5, 5.41) is 6.38. The molecule has 1 heterocycles. The Kier molecular flexibility index (Phi) is 5.71. The van der Waals surface area contributed by atoms with Crippen molar-refractivity contribution in [1.82, 2.24) is 5.32 Å². The van der Waals surface area contributed by atoms with Gasteiger partial charge in [0, 0.05) is 23.8 Å². The summed E-state index contributed by atoms with van der Waals surface area (Å²) in [6, 6.07) is 7.03. The minimum Gasteiger partial charge on any atom is -0.366 e. The molecule has 1 fully saturated rings. The molecule has 0 bridgehead atoms. The van der Waals surface area contributed by atoms with Gasteiger partial charge in [0.1, 0.15) is 6.61 Å². The minimum atomic E-state index is -0.158. The van der Waals surface area contributed by atoms with Gasteiger partial charge in [-0.05, 0) is 18.2 Å². The number of halogens is 2. The normalized spacial score (nSPS) is 14.6. The van der Waals surface area contributed by atoms with Gasteiger partial charge in [0.25, 0.3) is 0 Å². The van der Waals surface area contributed by atoms with E-state index in [0.717, 1.165) is 13.1 Å². The number of anilines is 1. The van der Waals surface area contributed by atoms with Crippen LogP contribution in [-0.4, -0.2) is 31.7 Å². The summed E-state index contributed by atoms with van der Waals surface area (Å²) in [5.74, 6) is -0.158. The smallest absolute Gasteiger partial charge is 0.250 e. The van der Waals surface area contributed by atoms with E-state index in [4.69, 9.17) is 16.3 Å². The lowest BCUT2D eigenvalue weighted by molar-refractivity contribution is -0.123. The van der Waals surface area contributed by atoms with Gasteiger partial charge in [0.15, 0.2) is 0 Å². The molecule has 94 valence electrons. The van der Waals surface area contributed by atoms with Crippen LogP contribution in [-0.2, 0) is 9.53 Å². The van der Waals surface area contributed by atoms with E-state index in [9.17, 15) is 4.79 Å². The topological polar surface area (TPSA) is 50.4 Å². The maximum Gasteiger partial charge on any atom is 0.250 e. The van der Waals surface area contributed by atoms with Crippen molar-refractivity contribution in [2.75, 3.05) is 25.0 Å². The standard InChI is InChI=1S/C11H13ClN2O2.ClH/c12-8-2-1-3-9(4-8)14-11(15)7-16-10-5-13-6-10;/h1-4,10,13H,5-7H2,(H,14,15);1H. The third-order valence-corrected chi connectivity index (χ3v) is 2.54. The predicted octanol–water partition coefficient (Wildman–Crippen LogP) is 1.69. The van der Waals surface area contributed by atoms with Crippen molar-refractivity contribution >= 4 is 35.6 Å². The fourth-order valence-corrected chi connectivity index (χ4v) is 1.53. The van der Waals surface area contributed by atoms with Crippen LogP contribution in [0.1, 0.15) is 0 Å². The average Bonchev–Trinajstić information content (AvgIpc) is 2.15. The van der Waals surface area contributed by atoms with E-state index in [2.05, 4.69) is 10.6 Å². The number of rotatable bonds is 4. The molecule has 0 unspecified atom stereocenters. The van der Waals surface area contributed by atoms with Crippen molar-refractivity contribution in [2.24, 2.45) is 0 Å². The fourth-order valence-electron chi connectivity index (χ4n) is 1.34. The van der Waals surface area contributed by atoms with Crippen LogP contribution in [0, 0.1) is 0 Å². The number of ether oxygens (including phenoxy) is 1. The van der Waals surface area contributed by atoms with Gasteiger partial charge in [-0.1, -0.05) is 17.7 Å². The van der Waals surface area contributed by atoms with E-state index in [-0.39, 0.29) is 31.0 Å². The van der Waals surface area contributed by atoms with E-state index < -0.39 is 0 Å². The number of hydrogen-bond donors (Lipinski definition) is 2. The summed E-state index contributed by atoms with van der Waals surface area (Å²) < 4.78 is 5.33. The van der Waals surface area contributed by atoms with E-state index >= 15 is 0 Å². The molecule has 0 aromatic heterocycles. The number of amides is 1. The van der Waals surface area contributed by atoms with Gasteiger partial charge in [0.2, 0.25) is 5.91 Å². The van der Waals surface area contributed by atoms with Crippen molar-refractivity contribution in [1.29, 1.82) is 0 Å². The predicted molar refractivity (Wildman–Crippen MR) is 69.9 cm³/mol. The monoisotopic (exact) mass is 276 g/mol. The van der Waals surface area contributed by atoms with Gasteiger partial charge in [-0.25, -0.2) is 0 Å². The van der Waals surface area contributed by atoms with Gasteiger partial charge in [0.05, 0.1) is 6.10 Å². The first-order chi connectivity index (χ1) is 7.74. The van der Waals surface area contributed by atoms with Crippen LogP contribution < -0.4 is 10.6 Å². The summed E-state index contributed by atoms with van der Waals surface area (Å²) in [6.45, 7) is 1.73. The van der Waals surface area contributed by atoms with Gasteiger partial charge >= 0.3 is 0 Å². The molecule has 0 radical (unpaired) electrons. The number of carbonyl (C=O) groups is 1. The first-order valence-electron chi connectivity index (χ1n) is 5.12. The van der Waals surface area contributed by atoms with Crippen LogP contribution in [0.25, 0.3) is 0 Å². The quantitative estimate of drug-likeness (QED) is 0.880. The number of hydrogen-bond acceptors (Lipinski definition) is 3. The zero-order valence-electron chi connectivity index (χ0n) is 9.11. The highest BCUT2D eigenvalue weighted by Crippen LogP contribution is 2.14. The van der Waals surface area contributed by atoms with Gasteiger partial charge in [-0.2, -0.15) is 0 Å². The third-order valence-electron chi connectivity index (χ3n) is 2.30. The lowest BCUT2D eigenvalue weighted by atomic mass is 10.2. The van der Waals surface area contributed by atoms with Crippen molar-refractivity contribution in [3.05, 3.63) is 29.3 Å². The van der Waals surface area contributed by atoms with Crippen LogP contribution in [0.15, 0.2) is 24.3 Å². The summed E-state index contributed by atoms with van der Waals surface area (Å²) in [5.41, 5.74) is 0.688. The molecule has 0 spiro atoms. The lowest BCUT2D eigenvalue weighted by Gasteiger charge is -2.26. The second kappa shape index (κ2) is 6.81. The highest BCUT2D eigenvalue weighted by molar-refractivity contribution is 6.30. The Labute approximate surface area is 111 Å². The highest BCUT2D eigenvalue weighted by Gasteiger charge is 2.18. The molecule has 2 N–H and O–H groups in total. The van der Waals surface area contributed by atoms with Crippen LogP contribution in [0.2, 0.25) is 5.02 Å². The Morgan fingerprint density at radius 2 is 2.29 bits per heavy atom. The molecule has 0 saturated carbocycles. The zero-order chi connectivity index (χ0) is 11.4. The molecule has 1 aromatic carbocycles. The Balaban J connectivity index is 0.00000144. The Hall–Kier alpha value is -0.810. The zero-order valence-corrected chi connectivity index (χ0v) is 10.7. The van der Waals surface area contributed by atoms with E-state index in [1.54, 1.807) is 24.3 Å². The maximum atomic E-state index is 11.5. The minimum absolute atomic E-state index is 0. The molecule has 17 heavy (non-hydrogen) atoms. The van der Waals surface area contributed by atoms with Crippen molar-refractivity contribution in [3.63, 3.8) is 0 Å². The Morgan fingerprint density at radius 3 is 2.88 bits per heavy atom. The second-order valence-electron chi connectivity index (χ2n) is 3.65. The van der Waals surface area contributed by atoms with Crippen LogP contribution >= 0.6 is 24.0 Å². The molecule has 6 heteroatoms. The molecular weight excluding hydrogens is 263 g/mol. The van der Waals surface area contributed by atoms with Crippen LogP contribution in [0.5, 0.6) is 0 Å². The van der Waals surface area contributed by atoms with Gasteiger partial charge in [-0.15, -0.1) is 12.4 Å². The maximum absolute atomic E-state index is 11.5. The lowest BCUT2D eigenvalue weighted by Crippen LogP contribution is -2.49. The number of benzene rings is 1.